The topological polar surface area (TPSA) is 3.24 Å². The van der Waals surface area contributed by atoms with Gasteiger partial charge in [0.05, 0.1) is 0 Å². The van der Waals surface area contributed by atoms with Crippen molar-refractivity contribution in [2.45, 2.75) is 52.9 Å². The summed E-state index contributed by atoms with van der Waals surface area (Å²) in [5.41, 5.74) is 0.512. The summed E-state index contributed by atoms with van der Waals surface area (Å²) in [4.78, 5) is 2.65. The van der Waals surface area contributed by atoms with Gasteiger partial charge < -0.3 is 4.90 Å². The van der Waals surface area contributed by atoms with Crippen LogP contribution in [0.15, 0.2) is 0 Å². The number of hydrogen-bond donors (Lipinski definition) is 1. The molecule has 1 saturated heterocycles. The summed E-state index contributed by atoms with van der Waals surface area (Å²) in [6.07, 6.45) is 6.79. The zero-order valence-corrected chi connectivity index (χ0v) is 12.2. The van der Waals surface area contributed by atoms with Crippen LogP contribution < -0.4 is 0 Å². The summed E-state index contributed by atoms with van der Waals surface area (Å²) < 4.78 is 0. The van der Waals surface area contributed by atoms with Crippen LogP contribution in [-0.4, -0.2) is 30.3 Å². The highest BCUT2D eigenvalue weighted by atomic mass is 32.1. The van der Waals surface area contributed by atoms with Gasteiger partial charge in [-0.25, -0.2) is 0 Å². The standard InChI is InChI=1S/C14H29NS/c1-14(2,3)13-7-10-15(11-8-13)9-5-4-6-12-16/h13,16H,4-12H2,1-3H3. The molecule has 96 valence electrons. The smallest absolute Gasteiger partial charge is 0.00159 e. The van der Waals surface area contributed by atoms with Gasteiger partial charge in [0.1, 0.15) is 0 Å². The van der Waals surface area contributed by atoms with Gasteiger partial charge in [0.2, 0.25) is 0 Å². The monoisotopic (exact) mass is 243 g/mol. The molecule has 0 radical (unpaired) electrons. The molecule has 1 rings (SSSR count). The molecule has 0 spiro atoms. The molecule has 0 N–H and O–H groups in total. The molecule has 2 heteroatoms. The Balaban J connectivity index is 2.12. The minimum atomic E-state index is 0.512. The SMILES string of the molecule is CC(C)(C)C1CCN(CCCCCS)CC1. The molecular weight excluding hydrogens is 214 g/mol. The quantitative estimate of drug-likeness (QED) is 0.567. The van der Waals surface area contributed by atoms with Gasteiger partial charge in [-0.15, -0.1) is 0 Å². The van der Waals surface area contributed by atoms with Crippen molar-refractivity contribution >= 4 is 12.6 Å². The van der Waals surface area contributed by atoms with Gasteiger partial charge in [0, 0.05) is 0 Å². The van der Waals surface area contributed by atoms with Crippen molar-refractivity contribution in [2.75, 3.05) is 25.4 Å². The maximum Gasteiger partial charge on any atom is -0.00159 e. The summed E-state index contributed by atoms with van der Waals surface area (Å²) in [6, 6.07) is 0. The summed E-state index contributed by atoms with van der Waals surface area (Å²) in [5.74, 6) is 1.98. The van der Waals surface area contributed by atoms with E-state index in [1.807, 2.05) is 0 Å². The Bertz CT molecular complexity index is 178. The predicted octanol–water partition coefficient (Wildman–Crippen LogP) is 3.84. The third-order valence-electron chi connectivity index (χ3n) is 3.94. The van der Waals surface area contributed by atoms with Gasteiger partial charge in [0.15, 0.2) is 0 Å². The van der Waals surface area contributed by atoms with E-state index in [9.17, 15) is 0 Å². The van der Waals surface area contributed by atoms with Crippen molar-refractivity contribution in [1.29, 1.82) is 0 Å². The molecule has 0 amide bonds. The Hall–Kier alpha value is 0.310. The lowest BCUT2D eigenvalue weighted by Crippen LogP contribution is -2.38. The van der Waals surface area contributed by atoms with Crippen LogP contribution in [0.3, 0.4) is 0 Å². The van der Waals surface area contributed by atoms with Crippen LogP contribution in [0, 0.1) is 11.3 Å². The predicted molar refractivity (Wildman–Crippen MR) is 76.3 cm³/mol. The zero-order valence-electron chi connectivity index (χ0n) is 11.3. The lowest BCUT2D eigenvalue weighted by molar-refractivity contribution is 0.111. The van der Waals surface area contributed by atoms with Gasteiger partial charge in [-0.3, -0.25) is 0 Å². The molecule has 0 aromatic carbocycles. The largest absolute Gasteiger partial charge is 0.303 e. The van der Waals surface area contributed by atoms with Gasteiger partial charge >= 0.3 is 0 Å². The van der Waals surface area contributed by atoms with Crippen LogP contribution in [0.1, 0.15) is 52.9 Å². The van der Waals surface area contributed by atoms with Crippen LogP contribution in [0.2, 0.25) is 0 Å². The molecule has 1 fully saturated rings. The Morgan fingerprint density at radius 3 is 2.19 bits per heavy atom. The fourth-order valence-corrected chi connectivity index (χ4v) is 2.87. The number of likely N-dealkylation sites (tertiary alicyclic amines) is 1. The van der Waals surface area contributed by atoms with Crippen molar-refractivity contribution in [3.63, 3.8) is 0 Å². The minimum Gasteiger partial charge on any atom is -0.303 e. The van der Waals surface area contributed by atoms with E-state index in [-0.39, 0.29) is 0 Å². The van der Waals surface area contributed by atoms with Crippen molar-refractivity contribution in [3.8, 4) is 0 Å². The van der Waals surface area contributed by atoms with E-state index in [0.29, 0.717) is 5.41 Å². The number of unbranched alkanes of at least 4 members (excludes halogenated alkanes) is 2. The van der Waals surface area contributed by atoms with E-state index >= 15 is 0 Å². The molecule has 0 aliphatic carbocycles. The average Bonchev–Trinajstić information content (AvgIpc) is 2.24. The molecule has 0 atom stereocenters. The first-order valence-corrected chi connectivity index (χ1v) is 7.50. The molecule has 1 nitrogen and oxygen atoms in total. The Kier molecular flexibility index (Phi) is 6.20. The van der Waals surface area contributed by atoms with E-state index in [2.05, 4.69) is 38.3 Å². The second-order valence-electron chi connectivity index (χ2n) is 6.27. The minimum absolute atomic E-state index is 0.512. The zero-order chi connectivity index (χ0) is 12.0. The average molecular weight is 243 g/mol. The normalized spacial score (nSPS) is 20.2. The summed E-state index contributed by atoms with van der Waals surface area (Å²) in [6.45, 7) is 11.1. The summed E-state index contributed by atoms with van der Waals surface area (Å²) in [7, 11) is 0. The van der Waals surface area contributed by atoms with Gasteiger partial charge in [-0.05, 0) is 62.4 Å². The highest BCUT2D eigenvalue weighted by Gasteiger charge is 2.28. The Morgan fingerprint density at radius 2 is 1.69 bits per heavy atom. The van der Waals surface area contributed by atoms with Gasteiger partial charge in [-0.1, -0.05) is 27.2 Å². The third kappa shape index (κ3) is 5.09. The van der Waals surface area contributed by atoms with Gasteiger partial charge in [0.25, 0.3) is 0 Å². The Labute approximate surface area is 107 Å². The van der Waals surface area contributed by atoms with Crippen molar-refractivity contribution in [2.24, 2.45) is 11.3 Å². The first-order chi connectivity index (χ1) is 7.54. The van der Waals surface area contributed by atoms with Crippen LogP contribution in [0.4, 0.5) is 0 Å². The van der Waals surface area contributed by atoms with Crippen LogP contribution in [-0.2, 0) is 0 Å². The summed E-state index contributed by atoms with van der Waals surface area (Å²) in [5, 5.41) is 0. The number of thiol groups is 1. The maximum atomic E-state index is 4.25. The Morgan fingerprint density at radius 1 is 1.06 bits per heavy atom. The fourth-order valence-electron chi connectivity index (χ4n) is 2.65. The fraction of sp³-hybridized carbons (Fsp3) is 1.00. The molecule has 0 unspecified atom stereocenters. The maximum absolute atomic E-state index is 4.25. The second kappa shape index (κ2) is 6.90. The van der Waals surface area contributed by atoms with Crippen molar-refractivity contribution in [1.82, 2.24) is 4.90 Å². The number of piperidine rings is 1. The molecule has 0 saturated carbocycles. The van der Waals surface area contributed by atoms with E-state index < -0.39 is 0 Å². The highest BCUT2D eigenvalue weighted by molar-refractivity contribution is 7.80. The molecular formula is C14H29NS. The van der Waals surface area contributed by atoms with E-state index in [1.54, 1.807) is 0 Å². The van der Waals surface area contributed by atoms with Crippen LogP contribution in [0.25, 0.3) is 0 Å². The van der Waals surface area contributed by atoms with E-state index in [4.69, 9.17) is 0 Å². The molecule has 0 aromatic heterocycles. The highest BCUT2D eigenvalue weighted by Crippen LogP contribution is 2.34. The second-order valence-corrected chi connectivity index (χ2v) is 6.71. The lowest BCUT2D eigenvalue weighted by Gasteiger charge is -2.38. The van der Waals surface area contributed by atoms with Crippen molar-refractivity contribution < 1.29 is 0 Å². The third-order valence-corrected chi connectivity index (χ3v) is 4.26. The van der Waals surface area contributed by atoms with Gasteiger partial charge in [-0.2, -0.15) is 12.6 Å². The first-order valence-electron chi connectivity index (χ1n) is 6.87. The molecule has 16 heavy (non-hydrogen) atoms. The van der Waals surface area contributed by atoms with E-state index in [0.717, 1.165) is 11.7 Å². The number of rotatable bonds is 5. The van der Waals surface area contributed by atoms with Crippen molar-refractivity contribution in [3.05, 3.63) is 0 Å². The lowest BCUT2D eigenvalue weighted by atomic mass is 9.75. The van der Waals surface area contributed by atoms with Crippen LogP contribution in [0.5, 0.6) is 0 Å². The van der Waals surface area contributed by atoms with Crippen LogP contribution >= 0.6 is 12.6 Å². The first kappa shape index (κ1) is 14.4. The summed E-state index contributed by atoms with van der Waals surface area (Å²) >= 11 is 4.25. The number of hydrogen-bond acceptors (Lipinski definition) is 2. The molecule has 1 aliphatic heterocycles. The molecule has 0 aromatic rings. The number of nitrogens with zero attached hydrogens (tertiary/aromatic N) is 1. The molecule has 1 aliphatic rings. The molecule has 0 bridgehead atoms. The van der Waals surface area contributed by atoms with E-state index in [1.165, 1.54) is 51.7 Å². The molecule has 1 heterocycles.